The van der Waals surface area contributed by atoms with E-state index in [9.17, 15) is 13.2 Å². The molecule has 0 saturated heterocycles. The summed E-state index contributed by atoms with van der Waals surface area (Å²) in [5, 5.41) is 3.49. The van der Waals surface area contributed by atoms with Gasteiger partial charge in [-0.3, -0.25) is 0 Å². The van der Waals surface area contributed by atoms with Crippen LogP contribution >= 0.6 is 0 Å². The molecule has 2 aromatic heterocycles. The summed E-state index contributed by atoms with van der Waals surface area (Å²) in [6.45, 7) is 1.66. The maximum atomic E-state index is 12.8. The molecule has 1 aliphatic carbocycles. The molecule has 4 rings (SSSR count). The van der Waals surface area contributed by atoms with Gasteiger partial charge in [-0.05, 0) is 49.4 Å². The maximum absolute atomic E-state index is 12.8. The van der Waals surface area contributed by atoms with Crippen molar-refractivity contribution in [3.63, 3.8) is 0 Å². The Kier molecular flexibility index (Phi) is 3.22. The first-order valence-electron chi connectivity index (χ1n) is 7.51. The zero-order chi connectivity index (χ0) is 16.9. The number of halogens is 3. The zero-order valence-electron chi connectivity index (χ0n) is 12.8. The van der Waals surface area contributed by atoms with Gasteiger partial charge >= 0.3 is 6.18 Å². The lowest BCUT2D eigenvalue weighted by Gasteiger charge is -2.09. The third-order valence-electron chi connectivity index (χ3n) is 3.95. The van der Waals surface area contributed by atoms with Crippen molar-refractivity contribution in [1.82, 2.24) is 19.6 Å². The quantitative estimate of drug-likeness (QED) is 0.716. The highest BCUT2D eigenvalue weighted by atomic mass is 19.4. The molecular weight excluding hydrogens is 321 g/mol. The van der Waals surface area contributed by atoms with Crippen LogP contribution in [0.1, 0.15) is 29.1 Å². The van der Waals surface area contributed by atoms with E-state index >= 15 is 0 Å². The van der Waals surface area contributed by atoms with Crippen LogP contribution in [0.4, 0.5) is 13.2 Å². The number of aryl methyl sites for hydroxylation is 3. The van der Waals surface area contributed by atoms with Crippen LogP contribution in [0.25, 0.3) is 5.78 Å². The van der Waals surface area contributed by atoms with Gasteiger partial charge < -0.3 is 4.74 Å². The molecule has 8 heteroatoms. The van der Waals surface area contributed by atoms with Crippen molar-refractivity contribution >= 4 is 5.78 Å². The molecule has 0 atom stereocenters. The Morgan fingerprint density at radius 1 is 1.08 bits per heavy atom. The van der Waals surface area contributed by atoms with Crippen LogP contribution < -0.4 is 4.74 Å². The standard InChI is InChI=1S/C16H13F3N4O/c1-9-7-13(23-15(20-9)21-14(22-23)16(17,18)19)24-12-6-5-10-3-2-4-11(10)8-12/h5-8H,2-4H2,1H3. The molecule has 0 N–H and O–H groups in total. The van der Waals surface area contributed by atoms with E-state index in [0.717, 1.165) is 23.8 Å². The summed E-state index contributed by atoms with van der Waals surface area (Å²) in [5.74, 6) is -0.664. The molecule has 0 amide bonds. The van der Waals surface area contributed by atoms with Crippen molar-refractivity contribution < 1.29 is 17.9 Å². The number of nitrogens with zero attached hydrogens (tertiary/aromatic N) is 4. The molecule has 0 saturated carbocycles. The molecule has 1 aliphatic rings. The lowest BCUT2D eigenvalue weighted by molar-refractivity contribution is -0.144. The molecule has 0 fully saturated rings. The lowest BCUT2D eigenvalue weighted by atomic mass is 10.1. The smallest absolute Gasteiger partial charge is 0.439 e. The number of ether oxygens (including phenoxy) is 1. The van der Waals surface area contributed by atoms with Crippen molar-refractivity contribution in [2.45, 2.75) is 32.4 Å². The molecule has 2 heterocycles. The minimum absolute atomic E-state index is 0.140. The molecule has 0 unspecified atom stereocenters. The van der Waals surface area contributed by atoms with Gasteiger partial charge in [-0.25, -0.2) is 4.98 Å². The van der Waals surface area contributed by atoms with Crippen LogP contribution in [-0.4, -0.2) is 19.6 Å². The van der Waals surface area contributed by atoms with E-state index in [1.165, 1.54) is 17.2 Å². The number of aromatic nitrogens is 4. The van der Waals surface area contributed by atoms with Gasteiger partial charge in [0.05, 0.1) is 0 Å². The minimum Gasteiger partial charge on any atom is -0.439 e. The van der Waals surface area contributed by atoms with Gasteiger partial charge in [0.1, 0.15) is 5.75 Å². The van der Waals surface area contributed by atoms with Crippen LogP contribution in [0.5, 0.6) is 11.6 Å². The molecule has 0 bridgehead atoms. The topological polar surface area (TPSA) is 52.3 Å². The summed E-state index contributed by atoms with van der Waals surface area (Å²) in [7, 11) is 0. The zero-order valence-corrected chi connectivity index (χ0v) is 12.8. The summed E-state index contributed by atoms with van der Waals surface area (Å²) in [6, 6.07) is 7.26. The average Bonchev–Trinajstić information content (AvgIpc) is 3.12. The third kappa shape index (κ3) is 2.57. The fourth-order valence-electron chi connectivity index (χ4n) is 2.88. The van der Waals surface area contributed by atoms with E-state index < -0.39 is 12.0 Å². The normalized spacial score (nSPS) is 14.2. The van der Waals surface area contributed by atoms with E-state index in [1.807, 2.05) is 18.2 Å². The van der Waals surface area contributed by atoms with Gasteiger partial charge in [0.25, 0.3) is 11.6 Å². The van der Waals surface area contributed by atoms with E-state index in [1.54, 1.807) is 6.92 Å². The second kappa shape index (κ2) is 5.19. The minimum atomic E-state index is -4.63. The van der Waals surface area contributed by atoms with Crippen LogP contribution in [0.15, 0.2) is 24.3 Å². The average molecular weight is 334 g/mol. The molecule has 124 valence electrons. The number of fused-ring (bicyclic) bond motifs is 2. The molecule has 0 spiro atoms. The molecule has 1 aromatic carbocycles. The van der Waals surface area contributed by atoms with E-state index in [2.05, 4.69) is 15.1 Å². The van der Waals surface area contributed by atoms with Crippen molar-refractivity contribution in [2.24, 2.45) is 0 Å². The number of alkyl halides is 3. The third-order valence-corrected chi connectivity index (χ3v) is 3.95. The maximum Gasteiger partial charge on any atom is 0.453 e. The summed E-state index contributed by atoms with van der Waals surface area (Å²) >= 11 is 0. The van der Waals surface area contributed by atoms with Crippen LogP contribution in [0.3, 0.4) is 0 Å². The number of hydrogen-bond donors (Lipinski definition) is 0. The molecule has 5 nitrogen and oxygen atoms in total. The predicted octanol–water partition coefficient (Wildman–Crippen LogP) is 3.73. The van der Waals surface area contributed by atoms with E-state index in [-0.39, 0.29) is 11.7 Å². The first-order chi connectivity index (χ1) is 11.4. The fourth-order valence-corrected chi connectivity index (χ4v) is 2.88. The van der Waals surface area contributed by atoms with Gasteiger partial charge in [0.15, 0.2) is 0 Å². The van der Waals surface area contributed by atoms with Gasteiger partial charge in [-0.2, -0.15) is 22.7 Å². The highest BCUT2D eigenvalue weighted by molar-refractivity contribution is 5.41. The number of rotatable bonds is 2. The van der Waals surface area contributed by atoms with Crippen molar-refractivity contribution in [2.75, 3.05) is 0 Å². The Bertz CT molecular complexity index is 933. The van der Waals surface area contributed by atoms with Crippen molar-refractivity contribution in [3.8, 4) is 11.6 Å². The largest absolute Gasteiger partial charge is 0.453 e. The number of benzene rings is 1. The second-order valence-electron chi connectivity index (χ2n) is 5.77. The van der Waals surface area contributed by atoms with Gasteiger partial charge in [-0.1, -0.05) is 6.07 Å². The summed E-state index contributed by atoms with van der Waals surface area (Å²) < 4.78 is 45.2. The summed E-state index contributed by atoms with van der Waals surface area (Å²) in [6.07, 6.45) is -1.49. The Balaban J connectivity index is 1.77. The van der Waals surface area contributed by atoms with Gasteiger partial charge in [0, 0.05) is 11.8 Å². The van der Waals surface area contributed by atoms with E-state index in [4.69, 9.17) is 4.74 Å². The fraction of sp³-hybridized carbons (Fsp3) is 0.312. The van der Waals surface area contributed by atoms with Crippen LogP contribution in [0.2, 0.25) is 0 Å². The number of hydrogen-bond acceptors (Lipinski definition) is 4. The Morgan fingerprint density at radius 2 is 1.88 bits per heavy atom. The molecule has 0 aliphatic heterocycles. The van der Waals surface area contributed by atoms with Crippen LogP contribution in [0, 0.1) is 6.92 Å². The second-order valence-corrected chi connectivity index (χ2v) is 5.77. The Morgan fingerprint density at radius 3 is 2.67 bits per heavy atom. The van der Waals surface area contributed by atoms with Crippen molar-refractivity contribution in [3.05, 3.63) is 46.9 Å². The monoisotopic (exact) mass is 334 g/mol. The highest BCUT2D eigenvalue weighted by Crippen LogP contribution is 2.31. The van der Waals surface area contributed by atoms with E-state index in [0.29, 0.717) is 11.4 Å². The van der Waals surface area contributed by atoms with Crippen LogP contribution in [-0.2, 0) is 19.0 Å². The first-order valence-corrected chi connectivity index (χ1v) is 7.51. The predicted molar refractivity (Wildman–Crippen MR) is 79.1 cm³/mol. The Labute approximate surface area is 135 Å². The lowest BCUT2D eigenvalue weighted by Crippen LogP contribution is -2.07. The first kappa shape index (κ1) is 14.9. The summed E-state index contributed by atoms with van der Waals surface area (Å²) in [4.78, 5) is 7.42. The SMILES string of the molecule is Cc1cc(Oc2ccc3c(c2)CCC3)n2nc(C(F)(F)F)nc2n1. The molecule has 3 aromatic rings. The Hall–Kier alpha value is -2.64. The van der Waals surface area contributed by atoms with Crippen molar-refractivity contribution in [1.29, 1.82) is 0 Å². The van der Waals surface area contributed by atoms with Gasteiger partial charge in [0.2, 0.25) is 5.88 Å². The summed E-state index contributed by atoms with van der Waals surface area (Å²) in [5.41, 5.74) is 3.00. The molecule has 24 heavy (non-hydrogen) atoms. The highest BCUT2D eigenvalue weighted by Gasteiger charge is 2.37. The molecular formula is C16H13F3N4O. The molecule has 0 radical (unpaired) electrons. The van der Waals surface area contributed by atoms with Gasteiger partial charge in [-0.15, -0.1) is 5.10 Å².